The van der Waals surface area contributed by atoms with Gasteiger partial charge in [0.2, 0.25) is 0 Å². The molecule has 0 aliphatic carbocycles. The zero-order chi connectivity index (χ0) is 37.5. The topological polar surface area (TPSA) is 69.9 Å². The maximum Gasteiger partial charge on any atom is 0.164 e. The fourth-order valence-corrected chi connectivity index (χ4v) is 8.40. The van der Waals surface area contributed by atoms with Gasteiger partial charge in [-0.25, -0.2) is 15.0 Å². The van der Waals surface area contributed by atoms with Crippen molar-refractivity contribution in [3.05, 3.63) is 182 Å². The molecule has 12 rings (SSSR count). The van der Waals surface area contributed by atoms with E-state index in [9.17, 15) is 0 Å². The van der Waals surface area contributed by atoms with Crippen molar-refractivity contribution >= 4 is 65.7 Å². The highest BCUT2D eigenvalue weighted by Gasteiger charge is 2.21. The van der Waals surface area contributed by atoms with Gasteiger partial charge in [-0.2, -0.15) is 0 Å². The molecule has 0 amide bonds. The predicted octanol–water partition coefficient (Wildman–Crippen LogP) is 13.4. The summed E-state index contributed by atoms with van der Waals surface area (Å²) in [6.07, 6.45) is 0. The van der Waals surface area contributed by atoms with Gasteiger partial charge < -0.3 is 13.4 Å². The first kappa shape index (κ1) is 31.5. The van der Waals surface area contributed by atoms with Gasteiger partial charge in [-0.05, 0) is 59.7 Å². The van der Waals surface area contributed by atoms with Crippen LogP contribution in [-0.2, 0) is 0 Å². The molecule has 6 nitrogen and oxygen atoms in total. The van der Waals surface area contributed by atoms with E-state index in [1.54, 1.807) is 0 Å². The largest absolute Gasteiger partial charge is 0.456 e. The Morgan fingerprint density at radius 3 is 1.68 bits per heavy atom. The molecule has 4 aromatic heterocycles. The van der Waals surface area contributed by atoms with E-state index in [0.717, 1.165) is 77.3 Å². The fourth-order valence-electron chi connectivity index (χ4n) is 8.40. The Morgan fingerprint density at radius 1 is 0.333 bits per heavy atom. The molecule has 0 aliphatic heterocycles. The van der Waals surface area contributed by atoms with Crippen LogP contribution in [-0.4, -0.2) is 19.5 Å². The van der Waals surface area contributed by atoms with Crippen LogP contribution in [0.5, 0.6) is 0 Å². The Balaban J connectivity index is 1.02. The van der Waals surface area contributed by atoms with Gasteiger partial charge >= 0.3 is 0 Å². The number of rotatable bonds is 5. The van der Waals surface area contributed by atoms with E-state index in [0.29, 0.717) is 17.5 Å². The second-order valence-corrected chi connectivity index (χ2v) is 14.4. The lowest BCUT2D eigenvalue weighted by molar-refractivity contribution is 0.664. The van der Waals surface area contributed by atoms with Gasteiger partial charge in [-0.15, -0.1) is 0 Å². The summed E-state index contributed by atoms with van der Waals surface area (Å²) >= 11 is 0. The van der Waals surface area contributed by atoms with Crippen molar-refractivity contribution in [2.24, 2.45) is 0 Å². The molecule has 0 N–H and O–H groups in total. The number of para-hydroxylation sites is 1. The van der Waals surface area contributed by atoms with Crippen molar-refractivity contribution in [2.45, 2.75) is 0 Å². The quantitative estimate of drug-likeness (QED) is 0.176. The van der Waals surface area contributed by atoms with Crippen LogP contribution in [0.25, 0.3) is 117 Å². The number of fused-ring (bicyclic) bond motifs is 9. The van der Waals surface area contributed by atoms with E-state index in [2.05, 4.69) is 114 Å². The van der Waals surface area contributed by atoms with E-state index in [1.165, 1.54) is 21.9 Å². The molecule has 57 heavy (non-hydrogen) atoms. The van der Waals surface area contributed by atoms with Crippen molar-refractivity contribution in [1.82, 2.24) is 19.5 Å². The maximum absolute atomic E-state index is 6.72. The zero-order valence-electron chi connectivity index (χ0n) is 30.4. The first-order valence-corrected chi connectivity index (χ1v) is 19.0. The van der Waals surface area contributed by atoms with Crippen LogP contribution in [0.3, 0.4) is 0 Å². The smallest absolute Gasteiger partial charge is 0.164 e. The minimum absolute atomic E-state index is 0.576. The van der Waals surface area contributed by atoms with Crippen LogP contribution >= 0.6 is 0 Å². The number of hydrogen-bond donors (Lipinski definition) is 0. The Labute approximate surface area is 325 Å². The van der Waals surface area contributed by atoms with Gasteiger partial charge in [-0.1, -0.05) is 127 Å². The van der Waals surface area contributed by atoms with Gasteiger partial charge in [0.15, 0.2) is 17.5 Å². The lowest BCUT2D eigenvalue weighted by atomic mass is 10.0. The van der Waals surface area contributed by atoms with E-state index >= 15 is 0 Å². The normalized spacial score (nSPS) is 11.9. The second-order valence-electron chi connectivity index (χ2n) is 14.4. The predicted molar refractivity (Wildman–Crippen MR) is 230 cm³/mol. The average molecular weight is 731 g/mol. The second kappa shape index (κ2) is 12.3. The maximum atomic E-state index is 6.72. The minimum atomic E-state index is 0.576. The average Bonchev–Trinajstić information content (AvgIpc) is 3.94. The Hall–Kier alpha value is -7.83. The van der Waals surface area contributed by atoms with Crippen LogP contribution in [0, 0.1) is 0 Å². The summed E-state index contributed by atoms with van der Waals surface area (Å²) < 4.78 is 15.6. The fraction of sp³-hybridized carbons (Fsp3) is 0. The van der Waals surface area contributed by atoms with Gasteiger partial charge in [0.25, 0.3) is 0 Å². The molecule has 0 saturated heterocycles. The SMILES string of the molecule is c1ccc(-c2ccc3c(c2)c2ccccc2n3-c2ccc3c(c2)oc2cc4c(cc23)oc2cccc(-c3nc(-c5ccccc5)nc(-c5ccccc5)n3)c24)cc1. The lowest BCUT2D eigenvalue weighted by Gasteiger charge is -2.09. The van der Waals surface area contributed by atoms with Crippen LogP contribution < -0.4 is 0 Å². The summed E-state index contributed by atoms with van der Waals surface area (Å²) in [6.45, 7) is 0. The molecule has 266 valence electrons. The van der Waals surface area contributed by atoms with Crippen LogP contribution in [0.2, 0.25) is 0 Å². The number of benzene rings is 8. The molecule has 0 radical (unpaired) electrons. The minimum Gasteiger partial charge on any atom is -0.456 e. The Kier molecular flexibility index (Phi) is 6.83. The monoisotopic (exact) mass is 730 g/mol. The number of nitrogens with zero attached hydrogens (tertiary/aromatic N) is 4. The van der Waals surface area contributed by atoms with E-state index in [-0.39, 0.29) is 0 Å². The summed E-state index contributed by atoms with van der Waals surface area (Å²) in [5.74, 6) is 1.80. The summed E-state index contributed by atoms with van der Waals surface area (Å²) in [6, 6.07) is 62.7. The molecule has 6 heteroatoms. The van der Waals surface area contributed by atoms with Gasteiger partial charge in [0, 0.05) is 60.8 Å². The molecule has 0 fully saturated rings. The molecule has 0 aliphatic rings. The first-order chi connectivity index (χ1) is 28.2. The number of furan rings is 2. The van der Waals surface area contributed by atoms with Gasteiger partial charge in [-0.3, -0.25) is 0 Å². The summed E-state index contributed by atoms with van der Waals surface area (Å²) in [5, 5.41) is 6.32. The Morgan fingerprint density at radius 2 is 0.930 bits per heavy atom. The van der Waals surface area contributed by atoms with Crippen molar-refractivity contribution in [1.29, 1.82) is 0 Å². The van der Waals surface area contributed by atoms with Crippen molar-refractivity contribution in [2.75, 3.05) is 0 Å². The molecule has 0 atom stereocenters. The molecular weight excluding hydrogens is 701 g/mol. The van der Waals surface area contributed by atoms with Crippen LogP contribution in [0.4, 0.5) is 0 Å². The molecule has 8 aromatic carbocycles. The Bertz CT molecular complexity index is 3450. The first-order valence-electron chi connectivity index (χ1n) is 19.0. The third kappa shape index (κ3) is 5.01. The molecular formula is C51H30N4O2. The third-order valence-electron chi connectivity index (χ3n) is 11.1. The standard InChI is InChI=1S/C51H30N4O2/c1-4-13-31(14-5-1)34-23-26-43-39(27-34)36-19-10-11-21-42(36)55(43)35-24-25-37-40-29-47-41(30-46(40)57-45(37)28-35)48-38(20-12-22-44(48)56-47)51-53-49(32-15-6-2-7-16-32)52-50(54-51)33-17-8-3-9-18-33/h1-30H. The van der Waals surface area contributed by atoms with Crippen LogP contribution in [0.1, 0.15) is 0 Å². The molecule has 0 saturated carbocycles. The van der Waals surface area contributed by atoms with Crippen LogP contribution in [0.15, 0.2) is 191 Å². The van der Waals surface area contributed by atoms with E-state index in [4.69, 9.17) is 23.8 Å². The molecule has 4 heterocycles. The molecule has 12 aromatic rings. The summed E-state index contributed by atoms with van der Waals surface area (Å²) in [5.41, 5.74) is 11.6. The lowest BCUT2D eigenvalue weighted by Crippen LogP contribution is -2.00. The van der Waals surface area contributed by atoms with Gasteiger partial charge in [0.05, 0.1) is 11.0 Å². The van der Waals surface area contributed by atoms with Crippen molar-refractivity contribution < 1.29 is 8.83 Å². The van der Waals surface area contributed by atoms with Crippen molar-refractivity contribution in [3.63, 3.8) is 0 Å². The molecule has 0 bridgehead atoms. The molecule has 0 spiro atoms. The van der Waals surface area contributed by atoms with Gasteiger partial charge in [0.1, 0.15) is 22.3 Å². The highest BCUT2D eigenvalue weighted by molar-refractivity contribution is 6.18. The highest BCUT2D eigenvalue weighted by atomic mass is 16.3. The summed E-state index contributed by atoms with van der Waals surface area (Å²) in [7, 11) is 0. The zero-order valence-corrected chi connectivity index (χ0v) is 30.4. The van der Waals surface area contributed by atoms with E-state index in [1.807, 2.05) is 72.8 Å². The molecule has 0 unspecified atom stereocenters. The highest BCUT2D eigenvalue weighted by Crippen LogP contribution is 2.42. The third-order valence-corrected chi connectivity index (χ3v) is 11.1. The number of aromatic nitrogens is 4. The summed E-state index contributed by atoms with van der Waals surface area (Å²) in [4.78, 5) is 15.0. The number of hydrogen-bond acceptors (Lipinski definition) is 5. The van der Waals surface area contributed by atoms with E-state index < -0.39 is 0 Å². The van der Waals surface area contributed by atoms with Crippen molar-refractivity contribution in [3.8, 4) is 51.0 Å².